The van der Waals surface area contributed by atoms with Gasteiger partial charge in [0, 0.05) is 88.1 Å². The van der Waals surface area contributed by atoms with Crippen LogP contribution in [0.5, 0.6) is 23.0 Å². The third-order valence-electron chi connectivity index (χ3n) is 16.5. The molecule has 13 rings (SSSR count). The van der Waals surface area contributed by atoms with Crippen molar-refractivity contribution in [2.24, 2.45) is 0 Å². The maximum absolute atomic E-state index is 14.4. The topological polar surface area (TPSA) is 77.5 Å². The molecule has 8 heteroatoms. The summed E-state index contributed by atoms with van der Waals surface area (Å²) in [5.74, 6) is 1.86. The van der Waals surface area contributed by atoms with Crippen molar-refractivity contribution in [1.82, 2.24) is 0 Å². The first kappa shape index (κ1) is 36.9. The highest BCUT2D eigenvalue weighted by atomic mass is 16.6. The Balaban J connectivity index is 1.16. The van der Waals surface area contributed by atoms with E-state index in [9.17, 15) is 9.59 Å². The standard InChI is InChI=1S/C54H52N2O6/c1-49(2)17-21-55-23-19-51(5,6)41-43(55)35(49)26-37-45(41)59-39-28-40-34(25-33(39)53(37)31-15-11-9-13-29(31)47(57)61-53)54(32-16-12-10-14-30(32)48(58)62-54)38-27-36-44-42(46(38)60-40)52(7,8)20-24-56(44)22-18-50(36,3)4/h9-16,25-28H,17-24H2,1-8H3/t53-,54+. The lowest BCUT2D eigenvalue weighted by atomic mass is 9.65. The van der Waals surface area contributed by atoms with Crippen LogP contribution in [-0.2, 0) is 42.3 Å². The van der Waals surface area contributed by atoms with Crippen LogP contribution < -0.4 is 19.3 Å². The van der Waals surface area contributed by atoms with Crippen molar-refractivity contribution in [3.63, 3.8) is 0 Å². The van der Waals surface area contributed by atoms with Gasteiger partial charge in [0.05, 0.1) is 11.1 Å². The largest absolute Gasteiger partial charge is 0.456 e. The molecule has 314 valence electrons. The summed E-state index contributed by atoms with van der Waals surface area (Å²) >= 11 is 0. The van der Waals surface area contributed by atoms with Crippen molar-refractivity contribution in [3.05, 3.63) is 140 Å². The number of hydrogen-bond donors (Lipinski definition) is 0. The average molecular weight is 825 g/mol. The lowest BCUT2D eigenvalue weighted by Gasteiger charge is -2.51. The predicted octanol–water partition coefficient (Wildman–Crippen LogP) is 11.2. The maximum atomic E-state index is 14.4. The Bertz CT molecular complexity index is 2760. The average Bonchev–Trinajstić information content (AvgIpc) is 3.69. The molecule has 2 spiro atoms. The van der Waals surface area contributed by atoms with Gasteiger partial charge in [-0.1, -0.05) is 91.8 Å². The lowest BCUT2D eigenvalue weighted by molar-refractivity contribution is 0.0206. The summed E-state index contributed by atoms with van der Waals surface area (Å²) in [6.07, 6.45) is 3.94. The summed E-state index contributed by atoms with van der Waals surface area (Å²) in [5, 5.41) is 0. The first-order chi connectivity index (χ1) is 29.5. The zero-order valence-electron chi connectivity index (χ0n) is 36.9. The minimum absolute atomic E-state index is 0.136. The molecule has 0 fully saturated rings. The minimum atomic E-state index is -1.36. The van der Waals surface area contributed by atoms with Crippen molar-refractivity contribution in [2.45, 2.75) is 114 Å². The van der Waals surface area contributed by atoms with Gasteiger partial charge in [0.25, 0.3) is 0 Å². The molecule has 0 aliphatic carbocycles. The van der Waals surface area contributed by atoms with E-state index in [0.717, 1.165) is 96.7 Å². The van der Waals surface area contributed by atoms with E-state index in [1.807, 2.05) is 54.6 Å². The van der Waals surface area contributed by atoms with Crippen LogP contribution in [0.15, 0.2) is 72.8 Å². The molecule has 8 aliphatic rings. The summed E-state index contributed by atoms with van der Waals surface area (Å²) < 4.78 is 28.8. The van der Waals surface area contributed by atoms with Crippen molar-refractivity contribution < 1.29 is 28.5 Å². The molecular formula is C54H52N2O6. The molecule has 2 atom stereocenters. The van der Waals surface area contributed by atoms with Crippen LogP contribution in [-0.4, -0.2) is 38.1 Å². The van der Waals surface area contributed by atoms with E-state index in [2.05, 4.69) is 83.4 Å². The molecule has 8 heterocycles. The number of nitrogens with zero attached hydrogens (tertiary/aromatic N) is 2. The lowest BCUT2D eigenvalue weighted by Crippen LogP contribution is -2.46. The number of esters is 2. The van der Waals surface area contributed by atoms with Crippen LogP contribution >= 0.6 is 0 Å². The highest BCUT2D eigenvalue weighted by molar-refractivity contribution is 5.99. The van der Waals surface area contributed by atoms with Gasteiger partial charge in [-0.25, -0.2) is 9.59 Å². The fourth-order valence-corrected chi connectivity index (χ4v) is 12.9. The fraction of sp³-hybridized carbons (Fsp3) is 0.407. The van der Waals surface area contributed by atoms with E-state index >= 15 is 0 Å². The maximum Gasteiger partial charge on any atom is 0.340 e. The second kappa shape index (κ2) is 11.2. The van der Waals surface area contributed by atoms with Crippen LogP contribution in [0.1, 0.15) is 157 Å². The molecular weight excluding hydrogens is 773 g/mol. The third kappa shape index (κ3) is 4.25. The number of hydrogen-bond acceptors (Lipinski definition) is 8. The van der Waals surface area contributed by atoms with Gasteiger partial charge < -0.3 is 28.7 Å². The Morgan fingerprint density at radius 3 is 1.23 bits per heavy atom. The van der Waals surface area contributed by atoms with Gasteiger partial charge in [0.15, 0.2) is 11.2 Å². The Labute approximate surface area is 363 Å². The molecule has 5 aromatic rings. The zero-order valence-corrected chi connectivity index (χ0v) is 36.9. The molecule has 0 saturated heterocycles. The second-order valence-electron chi connectivity index (χ2n) is 21.8. The molecule has 0 bridgehead atoms. The van der Waals surface area contributed by atoms with E-state index in [0.29, 0.717) is 33.8 Å². The molecule has 0 saturated carbocycles. The summed E-state index contributed by atoms with van der Waals surface area (Å²) in [4.78, 5) is 33.9. The van der Waals surface area contributed by atoms with E-state index in [-0.39, 0.29) is 33.6 Å². The number of anilines is 2. The molecule has 0 amide bonds. The zero-order chi connectivity index (χ0) is 42.7. The first-order valence-corrected chi connectivity index (χ1v) is 22.6. The second-order valence-corrected chi connectivity index (χ2v) is 21.8. The number of ether oxygens (including phenoxy) is 4. The number of benzene rings is 5. The Morgan fingerprint density at radius 2 is 0.806 bits per heavy atom. The van der Waals surface area contributed by atoms with E-state index in [4.69, 9.17) is 18.9 Å². The normalized spacial score (nSPS) is 26.1. The van der Waals surface area contributed by atoms with Gasteiger partial charge in [0.2, 0.25) is 0 Å². The quantitative estimate of drug-likeness (QED) is 0.143. The van der Waals surface area contributed by atoms with Crippen LogP contribution in [0.4, 0.5) is 11.4 Å². The molecule has 5 aromatic carbocycles. The highest BCUT2D eigenvalue weighted by Gasteiger charge is 2.61. The summed E-state index contributed by atoms with van der Waals surface area (Å²) in [6.45, 7) is 22.5. The van der Waals surface area contributed by atoms with Gasteiger partial charge in [-0.05, 0) is 88.8 Å². The Hall–Kier alpha value is -5.76. The monoisotopic (exact) mass is 824 g/mol. The molecule has 0 N–H and O–H groups in total. The smallest absolute Gasteiger partial charge is 0.340 e. The number of carbonyl (C=O) groups is 2. The third-order valence-corrected chi connectivity index (χ3v) is 16.5. The minimum Gasteiger partial charge on any atom is -0.456 e. The van der Waals surface area contributed by atoms with Crippen LogP contribution in [0.3, 0.4) is 0 Å². The van der Waals surface area contributed by atoms with Crippen LogP contribution in [0, 0.1) is 0 Å². The van der Waals surface area contributed by atoms with Gasteiger partial charge in [-0.2, -0.15) is 0 Å². The van der Waals surface area contributed by atoms with Crippen molar-refractivity contribution in [1.29, 1.82) is 0 Å². The highest BCUT2D eigenvalue weighted by Crippen LogP contribution is 2.67. The number of rotatable bonds is 0. The van der Waals surface area contributed by atoms with Gasteiger partial charge >= 0.3 is 11.9 Å². The summed E-state index contributed by atoms with van der Waals surface area (Å²) in [5.41, 5.74) is 9.52. The Kier molecular flexibility index (Phi) is 6.68. The van der Waals surface area contributed by atoms with Gasteiger partial charge in [0.1, 0.15) is 23.0 Å². The SMILES string of the molecule is CC1(C)CCN2CCC(C)(C)c3c4c(cc1c32)[C@@]1(OC(=O)c2ccccc21)c1cc2c(cc1O4)Oc1c(cc3c4c1C(C)(C)CCN4CCC3(C)C)[C@]21OC(=O)c2ccccc21. The van der Waals surface area contributed by atoms with E-state index in [1.165, 1.54) is 22.5 Å². The molecule has 0 aromatic heterocycles. The molecule has 0 unspecified atom stereocenters. The summed E-state index contributed by atoms with van der Waals surface area (Å²) in [7, 11) is 0. The first-order valence-electron chi connectivity index (χ1n) is 22.6. The van der Waals surface area contributed by atoms with E-state index in [1.54, 1.807) is 0 Å². The number of fused-ring (bicyclic) bond motifs is 14. The van der Waals surface area contributed by atoms with Crippen molar-refractivity contribution >= 4 is 23.3 Å². The van der Waals surface area contributed by atoms with Crippen molar-refractivity contribution in [3.8, 4) is 23.0 Å². The number of carbonyl (C=O) groups excluding carboxylic acids is 2. The molecule has 8 nitrogen and oxygen atoms in total. The Morgan fingerprint density at radius 1 is 0.435 bits per heavy atom. The predicted molar refractivity (Wildman–Crippen MR) is 238 cm³/mol. The molecule has 0 radical (unpaired) electrons. The van der Waals surface area contributed by atoms with Crippen molar-refractivity contribution in [2.75, 3.05) is 36.0 Å². The molecule has 62 heavy (non-hydrogen) atoms. The fourth-order valence-electron chi connectivity index (χ4n) is 12.9. The van der Waals surface area contributed by atoms with Crippen LogP contribution in [0.25, 0.3) is 0 Å². The summed E-state index contributed by atoms with van der Waals surface area (Å²) in [6, 6.07) is 24.3. The van der Waals surface area contributed by atoms with Gasteiger partial charge in [-0.15, -0.1) is 0 Å². The van der Waals surface area contributed by atoms with Gasteiger partial charge in [-0.3, -0.25) is 0 Å². The van der Waals surface area contributed by atoms with E-state index < -0.39 is 11.2 Å². The molecule has 8 aliphatic heterocycles. The van der Waals surface area contributed by atoms with Crippen LogP contribution in [0.2, 0.25) is 0 Å².